The number of hydrogen-bond donors (Lipinski definition) is 1. The summed E-state index contributed by atoms with van der Waals surface area (Å²) in [5.74, 6) is 1.11. The lowest BCUT2D eigenvalue weighted by Gasteiger charge is -2.55. The van der Waals surface area contributed by atoms with Gasteiger partial charge in [0.1, 0.15) is 0 Å². The summed E-state index contributed by atoms with van der Waals surface area (Å²) >= 11 is 0. The highest BCUT2D eigenvalue weighted by molar-refractivity contribution is 5.43. The third-order valence-corrected chi connectivity index (χ3v) is 6.41. The van der Waals surface area contributed by atoms with Crippen LogP contribution >= 0.6 is 0 Å². The average Bonchev–Trinajstić information content (AvgIpc) is 2.41. The van der Waals surface area contributed by atoms with Gasteiger partial charge in [0.15, 0.2) is 0 Å². The van der Waals surface area contributed by atoms with Gasteiger partial charge >= 0.3 is 0 Å². The van der Waals surface area contributed by atoms with E-state index in [1.165, 1.54) is 36.0 Å². The number of hydrogen-bond acceptors (Lipinski definition) is 1. The number of aliphatic hydroxyl groups excluding tert-OH is 1. The van der Waals surface area contributed by atoms with E-state index in [2.05, 4.69) is 52.8 Å². The van der Waals surface area contributed by atoms with Crippen LogP contribution in [0.5, 0.6) is 0 Å². The minimum atomic E-state index is -0.283. The third kappa shape index (κ3) is 2.25. The molecule has 0 amide bonds. The second-order valence-corrected chi connectivity index (χ2v) is 8.57. The fourth-order valence-corrected chi connectivity index (χ4v) is 5.11. The van der Waals surface area contributed by atoms with Gasteiger partial charge in [-0.15, -0.1) is 0 Å². The van der Waals surface area contributed by atoms with Crippen molar-refractivity contribution in [3.63, 3.8) is 0 Å². The Kier molecular flexibility index (Phi) is 3.48. The average molecular weight is 286 g/mol. The lowest BCUT2D eigenvalue weighted by atomic mass is 9.50. The molecular weight excluding hydrogens is 256 g/mol. The van der Waals surface area contributed by atoms with E-state index >= 15 is 0 Å². The zero-order chi connectivity index (χ0) is 15.4. The van der Waals surface area contributed by atoms with Gasteiger partial charge in [-0.3, -0.25) is 0 Å². The Hall–Kier alpha value is -0.820. The van der Waals surface area contributed by atoms with Gasteiger partial charge in [-0.25, -0.2) is 0 Å². The molecule has 0 saturated heterocycles. The highest BCUT2D eigenvalue weighted by Crippen LogP contribution is 2.59. The maximum absolute atomic E-state index is 10.8. The quantitative estimate of drug-likeness (QED) is 0.739. The van der Waals surface area contributed by atoms with Gasteiger partial charge < -0.3 is 5.11 Å². The first-order valence-corrected chi connectivity index (χ1v) is 8.58. The number of fused-ring (bicyclic) bond motifs is 3. The van der Waals surface area contributed by atoms with E-state index in [1.807, 2.05) is 0 Å². The summed E-state index contributed by atoms with van der Waals surface area (Å²) in [4.78, 5) is 0. The van der Waals surface area contributed by atoms with Crippen molar-refractivity contribution < 1.29 is 5.11 Å². The van der Waals surface area contributed by atoms with Crippen molar-refractivity contribution >= 4 is 0 Å². The van der Waals surface area contributed by atoms with Crippen molar-refractivity contribution in [2.24, 2.45) is 11.3 Å². The van der Waals surface area contributed by atoms with Crippen LogP contribution in [-0.2, 0) is 5.41 Å². The summed E-state index contributed by atoms with van der Waals surface area (Å²) in [5.41, 5.74) is 4.56. The summed E-state index contributed by atoms with van der Waals surface area (Å²) in [7, 11) is 0. The van der Waals surface area contributed by atoms with Crippen LogP contribution < -0.4 is 0 Å². The maximum atomic E-state index is 10.8. The van der Waals surface area contributed by atoms with Crippen molar-refractivity contribution in [3.8, 4) is 0 Å². The Bertz CT molecular complexity index is 543. The summed E-state index contributed by atoms with van der Waals surface area (Å²) < 4.78 is 0. The number of rotatable bonds is 1. The first-order chi connectivity index (χ1) is 9.75. The van der Waals surface area contributed by atoms with Gasteiger partial charge in [-0.2, -0.15) is 0 Å². The molecule has 0 aliphatic heterocycles. The van der Waals surface area contributed by atoms with E-state index in [0.717, 1.165) is 6.42 Å². The zero-order valence-electron chi connectivity index (χ0n) is 14.2. The van der Waals surface area contributed by atoms with Crippen LogP contribution in [0.2, 0.25) is 0 Å². The Balaban J connectivity index is 2.12. The predicted molar refractivity (Wildman–Crippen MR) is 88.6 cm³/mol. The Morgan fingerprint density at radius 1 is 1.14 bits per heavy atom. The van der Waals surface area contributed by atoms with Gasteiger partial charge in [0.05, 0.1) is 6.10 Å². The van der Waals surface area contributed by atoms with Crippen LogP contribution in [0.25, 0.3) is 0 Å². The van der Waals surface area contributed by atoms with Crippen molar-refractivity contribution in [2.75, 3.05) is 0 Å². The van der Waals surface area contributed by atoms with Crippen molar-refractivity contribution in [1.29, 1.82) is 0 Å². The van der Waals surface area contributed by atoms with Gasteiger partial charge in [0.2, 0.25) is 0 Å². The van der Waals surface area contributed by atoms with Crippen LogP contribution in [0.4, 0.5) is 0 Å². The van der Waals surface area contributed by atoms with Gasteiger partial charge in [-0.05, 0) is 58.6 Å². The molecule has 0 bridgehead atoms. The molecule has 1 saturated carbocycles. The lowest BCUT2D eigenvalue weighted by Crippen LogP contribution is -2.48. The lowest BCUT2D eigenvalue weighted by molar-refractivity contribution is -0.00675. The molecule has 0 radical (unpaired) electrons. The highest BCUT2D eigenvalue weighted by atomic mass is 16.3. The van der Waals surface area contributed by atoms with Crippen LogP contribution in [0.1, 0.15) is 89.0 Å². The topological polar surface area (TPSA) is 20.2 Å². The molecule has 2 aliphatic carbocycles. The molecule has 1 N–H and O–H groups in total. The van der Waals surface area contributed by atoms with E-state index in [4.69, 9.17) is 0 Å². The van der Waals surface area contributed by atoms with Crippen LogP contribution in [0, 0.1) is 11.3 Å². The molecule has 1 heteroatoms. The Labute approximate surface area is 129 Å². The summed E-state index contributed by atoms with van der Waals surface area (Å²) in [5, 5.41) is 10.8. The molecule has 0 aromatic heterocycles. The molecule has 1 aromatic rings. The fourth-order valence-electron chi connectivity index (χ4n) is 5.11. The maximum Gasteiger partial charge on any atom is 0.0796 e. The number of aliphatic hydroxyl groups is 1. The zero-order valence-corrected chi connectivity index (χ0v) is 14.2. The van der Waals surface area contributed by atoms with Crippen molar-refractivity contribution in [2.45, 2.75) is 77.7 Å². The van der Waals surface area contributed by atoms with Gasteiger partial charge in [0, 0.05) is 0 Å². The van der Waals surface area contributed by atoms with E-state index in [-0.39, 0.29) is 11.5 Å². The van der Waals surface area contributed by atoms with Crippen LogP contribution in [0.15, 0.2) is 18.2 Å². The largest absolute Gasteiger partial charge is 0.388 e. The predicted octanol–water partition coefficient (Wildman–Crippen LogP) is 5.33. The molecule has 1 fully saturated rings. The minimum Gasteiger partial charge on any atom is -0.388 e. The van der Waals surface area contributed by atoms with E-state index < -0.39 is 0 Å². The first kappa shape index (κ1) is 15.1. The van der Waals surface area contributed by atoms with Crippen molar-refractivity contribution in [1.82, 2.24) is 0 Å². The molecule has 1 unspecified atom stereocenters. The standard InChI is InChI=1S/C20H30O/c1-13(2)14-7-8-16-15(11-14)17(21)12-18-19(3,4)9-6-10-20(16,18)5/h7-8,11,13,17-18,21H,6,9-10,12H2,1-5H3/t17-,18?,20+/m0/s1. The van der Waals surface area contributed by atoms with E-state index in [9.17, 15) is 5.11 Å². The summed E-state index contributed by atoms with van der Waals surface area (Å²) in [6.45, 7) is 11.7. The molecule has 0 heterocycles. The van der Waals surface area contributed by atoms with Crippen LogP contribution in [0.3, 0.4) is 0 Å². The Morgan fingerprint density at radius 3 is 2.52 bits per heavy atom. The fraction of sp³-hybridized carbons (Fsp3) is 0.700. The molecule has 1 nitrogen and oxygen atoms in total. The second-order valence-electron chi connectivity index (χ2n) is 8.57. The second kappa shape index (κ2) is 4.84. The molecule has 3 atom stereocenters. The van der Waals surface area contributed by atoms with Crippen molar-refractivity contribution in [3.05, 3.63) is 34.9 Å². The minimum absolute atomic E-state index is 0.242. The van der Waals surface area contributed by atoms with Crippen LogP contribution in [-0.4, -0.2) is 5.11 Å². The molecule has 1 aromatic carbocycles. The smallest absolute Gasteiger partial charge is 0.0796 e. The molecule has 116 valence electrons. The molecule has 21 heavy (non-hydrogen) atoms. The summed E-state index contributed by atoms with van der Waals surface area (Å²) in [6.07, 6.45) is 4.51. The van der Waals surface area contributed by atoms with E-state index in [1.54, 1.807) is 0 Å². The first-order valence-electron chi connectivity index (χ1n) is 8.58. The van der Waals surface area contributed by atoms with Gasteiger partial charge in [0.25, 0.3) is 0 Å². The highest BCUT2D eigenvalue weighted by Gasteiger charge is 2.51. The Morgan fingerprint density at radius 2 is 1.86 bits per heavy atom. The summed E-state index contributed by atoms with van der Waals surface area (Å²) in [6, 6.07) is 6.88. The number of benzene rings is 1. The third-order valence-electron chi connectivity index (χ3n) is 6.41. The van der Waals surface area contributed by atoms with E-state index in [0.29, 0.717) is 17.3 Å². The monoisotopic (exact) mass is 286 g/mol. The molecule has 2 aliphatic rings. The van der Waals surface area contributed by atoms with Gasteiger partial charge in [-0.1, -0.05) is 59.2 Å². The molecule has 0 spiro atoms. The molecule has 3 rings (SSSR count). The normalized spacial score (nSPS) is 34.4. The SMILES string of the molecule is CC(C)c1ccc2c(c1)[C@@H](O)CC1C(C)(C)CCC[C@]21C. The molecular formula is C20H30O.